The van der Waals surface area contributed by atoms with Gasteiger partial charge in [-0.2, -0.15) is 26.3 Å². The third-order valence-corrected chi connectivity index (χ3v) is 3.52. The van der Waals surface area contributed by atoms with Gasteiger partial charge in [-0.05, 0) is 60.2 Å². The highest BCUT2D eigenvalue weighted by atomic mass is 32.1. The van der Waals surface area contributed by atoms with Crippen molar-refractivity contribution in [3.8, 4) is 0 Å². The van der Waals surface area contributed by atoms with Crippen LogP contribution in [0.25, 0.3) is 0 Å². The maximum absolute atomic E-state index is 12.8. The van der Waals surface area contributed by atoms with E-state index in [-0.39, 0.29) is 23.3 Å². The number of thiocarbonyl (C=S) groups is 1. The van der Waals surface area contributed by atoms with E-state index < -0.39 is 23.5 Å². The van der Waals surface area contributed by atoms with Crippen LogP contribution in [0.4, 0.5) is 37.7 Å². The van der Waals surface area contributed by atoms with Crippen molar-refractivity contribution in [1.29, 1.82) is 0 Å². The van der Waals surface area contributed by atoms with Gasteiger partial charge in [0.2, 0.25) is 0 Å². The molecule has 0 unspecified atom stereocenters. The predicted octanol–water partition coefficient (Wildman–Crippen LogP) is 4.79. The lowest BCUT2D eigenvalue weighted by molar-refractivity contribution is -0.143. The first-order valence-corrected chi connectivity index (χ1v) is 7.55. The van der Waals surface area contributed by atoms with Gasteiger partial charge in [0.15, 0.2) is 5.11 Å². The molecule has 10 heteroatoms. The first-order valence-electron chi connectivity index (χ1n) is 7.14. The number of benzene rings is 2. The molecule has 0 aromatic heterocycles. The van der Waals surface area contributed by atoms with E-state index in [0.29, 0.717) is 23.5 Å². The lowest BCUT2D eigenvalue weighted by Crippen LogP contribution is -2.28. The first kappa shape index (κ1) is 19.8. The van der Waals surface area contributed by atoms with Crippen molar-refractivity contribution in [3.05, 3.63) is 59.2 Å². The zero-order chi connectivity index (χ0) is 19.5. The second-order valence-electron chi connectivity index (χ2n) is 5.34. The second-order valence-corrected chi connectivity index (χ2v) is 5.75. The van der Waals surface area contributed by atoms with Crippen LogP contribution in [0.2, 0.25) is 0 Å². The summed E-state index contributed by atoms with van der Waals surface area (Å²) in [5.74, 6) is 0. The van der Waals surface area contributed by atoms with Crippen LogP contribution in [0, 0.1) is 0 Å². The van der Waals surface area contributed by atoms with E-state index in [1.807, 2.05) is 0 Å². The summed E-state index contributed by atoms with van der Waals surface area (Å²) in [4.78, 5) is 0. The Hall–Kier alpha value is -2.49. The van der Waals surface area contributed by atoms with Crippen molar-refractivity contribution in [1.82, 2.24) is 5.32 Å². The molecule has 140 valence electrons. The molecule has 0 aliphatic heterocycles. The first-order chi connectivity index (χ1) is 11.9. The minimum atomic E-state index is -4.89. The fourth-order valence-corrected chi connectivity index (χ4v) is 2.24. The molecule has 0 amide bonds. The molecule has 26 heavy (non-hydrogen) atoms. The van der Waals surface area contributed by atoms with E-state index in [9.17, 15) is 26.3 Å². The SMILES string of the molecule is Nc1ccc(NC(=S)NCc2cc(C(F)(F)F)cc(C(F)(F)F)c2)cc1. The van der Waals surface area contributed by atoms with Gasteiger partial charge in [0.1, 0.15) is 0 Å². The Balaban J connectivity index is 2.12. The average Bonchev–Trinajstić information content (AvgIpc) is 2.53. The normalized spacial score (nSPS) is 11.9. The molecule has 0 aliphatic rings. The third kappa shape index (κ3) is 5.51. The standard InChI is InChI=1S/C16H13F6N3S/c17-15(18,19)10-5-9(6-11(7-10)16(20,21)22)8-24-14(26)25-13-3-1-12(23)2-4-13/h1-7H,8,23H2,(H2,24,25,26). The third-order valence-electron chi connectivity index (χ3n) is 3.27. The Morgan fingerprint density at radius 2 is 1.38 bits per heavy atom. The van der Waals surface area contributed by atoms with Gasteiger partial charge in [0, 0.05) is 17.9 Å². The number of rotatable bonds is 3. The summed E-state index contributed by atoms with van der Waals surface area (Å²) in [7, 11) is 0. The summed E-state index contributed by atoms with van der Waals surface area (Å²) in [6.45, 7) is -0.312. The van der Waals surface area contributed by atoms with Gasteiger partial charge in [-0.1, -0.05) is 0 Å². The topological polar surface area (TPSA) is 50.1 Å². The van der Waals surface area contributed by atoms with E-state index in [2.05, 4.69) is 10.6 Å². The molecule has 0 radical (unpaired) electrons. The van der Waals surface area contributed by atoms with E-state index in [1.165, 1.54) is 0 Å². The highest BCUT2D eigenvalue weighted by Crippen LogP contribution is 2.36. The smallest absolute Gasteiger partial charge is 0.399 e. The van der Waals surface area contributed by atoms with Gasteiger partial charge in [0.05, 0.1) is 11.1 Å². The second kappa shape index (κ2) is 7.40. The van der Waals surface area contributed by atoms with Gasteiger partial charge >= 0.3 is 12.4 Å². The molecule has 4 N–H and O–H groups in total. The molecular formula is C16H13F6N3S. The monoisotopic (exact) mass is 393 g/mol. The van der Waals surface area contributed by atoms with Crippen molar-refractivity contribution in [2.75, 3.05) is 11.1 Å². The summed E-state index contributed by atoms with van der Waals surface area (Å²) in [5, 5.41) is 5.37. The molecule has 0 heterocycles. The predicted molar refractivity (Wildman–Crippen MR) is 90.4 cm³/mol. The Bertz CT molecular complexity index is 752. The molecule has 0 saturated carbocycles. The number of nitrogens with two attached hydrogens (primary N) is 1. The number of halogens is 6. The number of anilines is 2. The minimum absolute atomic E-state index is 0.0424. The molecule has 0 fully saturated rings. The molecule has 3 nitrogen and oxygen atoms in total. The lowest BCUT2D eigenvalue weighted by atomic mass is 10.0. The quantitative estimate of drug-likeness (QED) is 0.399. The lowest BCUT2D eigenvalue weighted by Gasteiger charge is -2.15. The number of alkyl halides is 6. The van der Waals surface area contributed by atoms with Crippen LogP contribution in [0.1, 0.15) is 16.7 Å². The molecule has 0 bridgehead atoms. The fourth-order valence-electron chi connectivity index (χ4n) is 2.05. The Morgan fingerprint density at radius 3 is 1.85 bits per heavy atom. The summed E-state index contributed by atoms with van der Waals surface area (Å²) < 4.78 is 76.9. The molecular weight excluding hydrogens is 380 g/mol. The maximum Gasteiger partial charge on any atom is 0.416 e. The maximum atomic E-state index is 12.8. The van der Waals surface area contributed by atoms with E-state index in [1.54, 1.807) is 24.3 Å². The molecule has 2 aromatic rings. The number of hydrogen-bond acceptors (Lipinski definition) is 2. The summed E-state index contributed by atoms with van der Waals surface area (Å²) in [5.41, 5.74) is 3.68. The Labute approximate surface area is 150 Å². The van der Waals surface area contributed by atoms with Crippen LogP contribution in [0.15, 0.2) is 42.5 Å². The van der Waals surface area contributed by atoms with E-state index in [0.717, 1.165) is 0 Å². The fraction of sp³-hybridized carbons (Fsp3) is 0.188. The van der Waals surface area contributed by atoms with Gasteiger partial charge in [-0.15, -0.1) is 0 Å². The van der Waals surface area contributed by atoms with Gasteiger partial charge < -0.3 is 16.4 Å². The molecule has 0 saturated heterocycles. The van der Waals surface area contributed by atoms with E-state index in [4.69, 9.17) is 18.0 Å². The molecule has 0 aliphatic carbocycles. The highest BCUT2D eigenvalue weighted by Gasteiger charge is 2.36. The number of hydrogen-bond donors (Lipinski definition) is 3. The van der Waals surface area contributed by atoms with Crippen molar-refractivity contribution in [3.63, 3.8) is 0 Å². The number of nitrogen functional groups attached to an aromatic ring is 1. The number of nitrogens with one attached hydrogen (secondary N) is 2. The molecule has 2 rings (SSSR count). The van der Waals surface area contributed by atoms with Crippen molar-refractivity contribution in [2.45, 2.75) is 18.9 Å². The van der Waals surface area contributed by atoms with Crippen molar-refractivity contribution < 1.29 is 26.3 Å². The van der Waals surface area contributed by atoms with Crippen LogP contribution in [-0.2, 0) is 18.9 Å². The van der Waals surface area contributed by atoms with Crippen LogP contribution >= 0.6 is 12.2 Å². The summed E-state index contributed by atoms with van der Waals surface area (Å²) in [6, 6.07) is 7.82. The Kier molecular flexibility index (Phi) is 5.65. The highest BCUT2D eigenvalue weighted by molar-refractivity contribution is 7.80. The van der Waals surface area contributed by atoms with Crippen molar-refractivity contribution >= 4 is 28.7 Å². The molecule has 2 aromatic carbocycles. The average molecular weight is 393 g/mol. The zero-order valence-electron chi connectivity index (χ0n) is 13.0. The molecule has 0 atom stereocenters. The van der Waals surface area contributed by atoms with Crippen LogP contribution < -0.4 is 16.4 Å². The van der Waals surface area contributed by atoms with Gasteiger partial charge in [-0.25, -0.2) is 0 Å². The largest absolute Gasteiger partial charge is 0.416 e. The van der Waals surface area contributed by atoms with Crippen LogP contribution in [-0.4, -0.2) is 5.11 Å². The van der Waals surface area contributed by atoms with Crippen molar-refractivity contribution in [2.24, 2.45) is 0 Å². The molecule has 0 spiro atoms. The summed E-state index contributed by atoms with van der Waals surface area (Å²) in [6.07, 6.45) is -9.78. The zero-order valence-corrected chi connectivity index (χ0v) is 13.8. The van der Waals surface area contributed by atoms with Gasteiger partial charge in [0.25, 0.3) is 0 Å². The van der Waals surface area contributed by atoms with E-state index >= 15 is 0 Å². The Morgan fingerprint density at radius 1 is 0.885 bits per heavy atom. The van der Waals surface area contributed by atoms with Crippen LogP contribution in [0.5, 0.6) is 0 Å². The minimum Gasteiger partial charge on any atom is -0.399 e. The van der Waals surface area contributed by atoms with Crippen LogP contribution in [0.3, 0.4) is 0 Å². The van der Waals surface area contributed by atoms with Gasteiger partial charge in [-0.3, -0.25) is 0 Å². The summed E-state index contributed by atoms with van der Waals surface area (Å²) >= 11 is 4.98.